The minimum absolute atomic E-state index is 0.113. The molecule has 5 nitrogen and oxygen atoms in total. The molecule has 0 saturated carbocycles. The average Bonchev–Trinajstić information content (AvgIpc) is 2.52. The largest absolute Gasteiger partial charge is 0.326 e. The normalized spacial score (nSPS) is 11.0. The van der Waals surface area contributed by atoms with Crippen LogP contribution in [0.1, 0.15) is 34.8 Å². The van der Waals surface area contributed by atoms with Gasteiger partial charge in [0, 0.05) is 17.0 Å². The van der Waals surface area contributed by atoms with Gasteiger partial charge in [0.2, 0.25) is 5.91 Å². The Hall–Kier alpha value is -2.95. The lowest BCUT2D eigenvalue weighted by molar-refractivity contribution is -0.115. The summed E-state index contributed by atoms with van der Waals surface area (Å²) in [5.74, 6) is -0.472. The third-order valence-electron chi connectivity index (χ3n) is 3.31. The fourth-order valence-electron chi connectivity index (χ4n) is 2.32. The SMILES string of the molecule is CC(CC(=O)Nc1cc(C)cc(C)c1)=NNC(=O)c1ccccc1. The highest BCUT2D eigenvalue weighted by atomic mass is 16.2. The molecule has 0 saturated heterocycles. The Bertz CT molecular complexity index is 747. The molecule has 24 heavy (non-hydrogen) atoms. The molecule has 124 valence electrons. The van der Waals surface area contributed by atoms with Crippen molar-refractivity contribution in [3.8, 4) is 0 Å². The van der Waals surface area contributed by atoms with E-state index in [4.69, 9.17) is 0 Å². The van der Waals surface area contributed by atoms with Gasteiger partial charge in [0.15, 0.2) is 0 Å². The number of anilines is 1. The molecule has 0 aliphatic rings. The van der Waals surface area contributed by atoms with E-state index in [1.165, 1.54) is 0 Å². The van der Waals surface area contributed by atoms with Gasteiger partial charge in [-0.2, -0.15) is 5.10 Å². The van der Waals surface area contributed by atoms with E-state index >= 15 is 0 Å². The Labute approximate surface area is 141 Å². The summed E-state index contributed by atoms with van der Waals surface area (Å²) in [7, 11) is 0. The van der Waals surface area contributed by atoms with E-state index in [1.54, 1.807) is 31.2 Å². The van der Waals surface area contributed by atoms with Crippen molar-refractivity contribution >= 4 is 23.2 Å². The lowest BCUT2D eigenvalue weighted by atomic mass is 10.1. The van der Waals surface area contributed by atoms with Gasteiger partial charge >= 0.3 is 0 Å². The second-order valence-electron chi connectivity index (χ2n) is 5.76. The number of carbonyl (C=O) groups excluding carboxylic acids is 2. The smallest absolute Gasteiger partial charge is 0.271 e. The molecule has 2 N–H and O–H groups in total. The minimum atomic E-state index is -0.301. The summed E-state index contributed by atoms with van der Waals surface area (Å²) in [5.41, 5.74) is 6.45. The topological polar surface area (TPSA) is 70.6 Å². The number of aryl methyl sites for hydroxylation is 2. The van der Waals surface area contributed by atoms with E-state index in [-0.39, 0.29) is 18.2 Å². The zero-order valence-corrected chi connectivity index (χ0v) is 14.1. The summed E-state index contributed by atoms with van der Waals surface area (Å²) >= 11 is 0. The molecule has 0 aromatic heterocycles. The van der Waals surface area contributed by atoms with Crippen LogP contribution in [0.4, 0.5) is 5.69 Å². The van der Waals surface area contributed by atoms with Crippen LogP contribution in [-0.2, 0) is 4.79 Å². The van der Waals surface area contributed by atoms with Gasteiger partial charge in [-0.1, -0.05) is 24.3 Å². The number of nitrogens with one attached hydrogen (secondary N) is 2. The third-order valence-corrected chi connectivity index (χ3v) is 3.31. The van der Waals surface area contributed by atoms with E-state index in [0.29, 0.717) is 11.3 Å². The van der Waals surface area contributed by atoms with Crippen molar-refractivity contribution in [2.24, 2.45) is 5.10 Å². The molecular formula is C19H21N3O2. The molecule has 0 unspecified atom stereocenters. The summed E-state index contributed by atoms with van der Waals surface area (Å²) in [6, 6.07) is 14.7. The molecule has 0 spiro atoms. The van der Waals surface area contributed by atoms with Crippen LogP contribution in [0.15, 0.2) is 53.6 Å². The highest BCUT2D eigenvalue weighted by molar-refractivity contribution is 6.06. The summed E-state index contributed by atoms with van der Waals surface area (Å²) in [4.78, 5) is 23.9. The lowest BCUT2D eigenvalue weighted by Crippen LogP contribution is -2.21. The van der Waals surface area contributed by atoms with Crippen LogP contribution in [0.25, 0.3) is 0 Å². The molecule has 2 aromatic carbocycles. The number of hydrazone groups is 1. The maximum Gasteiger partial charge on any atom is 0.271 e. The maximum absolute atomic E-state index is 12.1. The molecule has 0 heterocycles. The number of benzene rings is 2. The standard InChI is InChI=1S/C19H21N3O2/c1-13-9-14(2)11-17(10-13)20-18(23)12-15(3)21-22-19(24)16-7-5-4-6-8-16/h4-11H,12H2,1-3H3,(H,20,23)(H,22,24). The van der Waals surface area contributed by atoms with Crippen LogP contribution in [-0.4, -0.2) is 17.5 Å². The van der Waals surface area contributed by atoms with Crippen molar-refractivity contribution in [3.63, 3.8) is 0 Å². The number of rotatable bonds is 5. The Morgan fingerprint density at radius 2 is 1.62 bits per heavy atom. The van der Waals surface area contributed by atoms with E-state index < -0.39 is 0 Å². The lowest BCUT2D eigenvalue weighted by Gasteiger charge is -2.07. The van der Waals surface area contributed by atoms with Gasteiger partial charge in [-0.15, -0.1) is 0 Å². The van der Waals surface area contributed by atoms with Gasteiger partial charge in [-0.3, -0.25) is 9.59 Å². The fourth-order valence-corrected chi connectivity index (χ4v) is 2.32. The summed E-state index contributed by atoms with van der Waals surface area (Å²) in [5, 5.41) is 6.81. The predicted octanol–water partition coefficient (Wildman–Crippen LogP) is 3.44. The van der Waals surface area contributed by atoms with Crippen molar-refractivity contribution in [1.82, 2.24) is 5.43 Å². The maximum atomic E-state index is 12.1. The van der Waals surface area contributed by atoms with E-state index in [1.807, 2.05) is 38.1 Å². The molecule has 2 amide bonds. The van der Waals surface area contributed by atoms with Crippen molar-refractivity contribution in [1.29, 1.82) is 0 Å². The second kappa shape index (κ2) is 8.06. The molecule has 2 aromatic rings. The van der Waals surface area contributed by atoms with Crippen LogP contribution >= 0.6 is 0 Å². The van der Waals surface area contributed by atoms with Crippen molar-refractivity contribution in [2.45, 2.75) is 27.2 Å². The van der Waals surface area contributed by atoms with Gasteiger partial charge in [0.25, 0.3) is 5.91 Å². The van der Waals surface area contributed by atoms with Gasteiger partial charge in [0.1, 0.15) is 0 Å². The number of hydrogen-bond acceptors (Lipinski definition) is 3. The summed E-state index contributed by atoms with van der Waals surface area (Å²) in [6.45, 7) is 5.66. The molecule has 5 heteroatoms. The van der Waals surface area contributed by atoms with Crippen LogP contribution in [0.3, 0.4) is 0 Å². The fraction of sp³-hybridized carbons (Fsp3) is 0.211. The minimum Gasteiger partial charge on any atom is -0.326 e. The van der Waals surface area contributed by atoms with Crippen LogP contribution < -0.4 is 10.7 Å². The first kappa shape index (κ1) is 17.4. The van der Waals surface area contributed by atoms with Crippen LogP contribution in [0, 0.1) is 13.8 Å². The summed E-state index contributed by atoms with van der Waals surface area (Å²) < 4.78 is 0. The molecule has 0 atom stereocenters. The molecule has 0 fully saturated rings. The average molecular weight is 323 g/mol. The first-order chi connectivity index (χ1) is 11.4. The van der Waals surface area contributed by atoms with Crippen molar-refractivity contribution < 1.29 is 9.59 Å². The first-order valence-electron chi connectivity index (χ1n) is 7.71. The van der Waals surface area contributed by atoms with E-state index in [2.05, 4.69) is 15.8 Å². The third kappa shape index (κ3) is 5.35. The molecule has 0 aliphatic carbocycles. The van der Waals surface area contributed by atoms with Crippen LogP contribution in [0.2, 0.25) is 0 Å². The zero-order chi connectivity index (χ0) is 17.5. The van der Waals surface area contributed by atoms with Crippen molar-refractivity contribution in [3.05, 3.63) is 65.2 Å². The van der Waals surface area contributed by atoms with Crippen molar-refractivity contribution in [2.75, 3.05) is 5.32 Å². The molecule has 0 bridgehead atoms. The van der Waals surface area contributed by atoms with E-state index in [9.17, 15) is 9.59 Å². The number of hydrogen-bond donors (Lipinski definition) is 2. The van der Waals surface area contributed by atoms with Gasteiger partial charge < -0.3 is 5.32 Å². The molecule has 0 aliphatic heterocycles. The summed E-state index contributed by atoms with van der Waals surface area (Å²) in [6.07, 6.45) is 0.113. The van der Waals surface area contributed by atoms with Gasteiger partial charge in [-0.25, -0.2) is 5.43 Å². The molecule has 0 radical (unpaired) electrons. The Kier molecular flexibility index (Phi) is 5.84. The predicted molar refractivity (Wildman–Crippen MR) is 96.2 cm³/mol. The van der Waals surface area contributed by atoms with E-state index in [0.717, 1.165) is 16.8 Å². The highest BCUT2D eigenvalue weighted by Gasteiger charge is 2.07. The quantitative estimate of drug-likeness (QED) is 0.653. The van der Waals surface area contributed by atoms with Gasteiger partial charge in [0.05, 0.1) is 6.42 Å². The van der Waals surface area contributed by atoms with Crippen LogP contribution in [0.5, 0.6) is 0 Å². The highest BCUT2D eigenvalue weighted by Crippen LogP contribution is 2.14. The second-order valence-corrected chi connectivity index (χ2v) is 5.76. The Balaban J connectivity index is 1.90. The Morgan fingerprint density at radius 1 is 1.00 bits per heavy atom. The number of nitrogens with zero attached hydrogens (tertiary/aromatic N) is 1. The zero-order valence-electron chi connectivity index (χ0n) is 14.1. The Morgan fingerprint density at radius 3 is 2.25 bits per heavy atom. The number of carbonyl (C=O) groups is 2. The monoisotopic (exact) mass is 323 g/mol. The number of amides is 2. The first-order valence-corrected chi connectivity index (χ1v) is 7.71. The molecule has 2 rings (SSSR count). The van der Waals surface area contributed by atoms with Gasteiger partial charge in [-0.05, 0) is 56.2 Å². The molecular weight excluding hydrogens is 302 g/mol.